The average Bonchev–Trinajstić information content (AvgIpc) is 3.12. The maximum Gasteiger partial charge on any atom is 0.268 e. The number of aliphatic hydroxyl groups excluding tert-OH is 1. The molecule has 0 radical (unpaired) electrons. The average molecular weight is 781 g/mol. The van der Waals surface area contributed by atoms with Crippen molar-refractivity contribution in [2.75, 3.05) is 40.9 Å². The molecule has 0 saturated heterocycles. The molecule has 0 heterocycles. The SMILES string of the molecule is CCC/C=C/CC/C=C/C(O)C(COP(=O)([O-])OCC[N+](C)(C)C)NC(=O)CCCCCCCCCCCCCCC/C=C\C/C=C\CCCCCCC. The summed E-state index contributed by atoms with van der Waals surface area (Å²) >= 11 is 0. The van der Waals surface area contributed by atoms with Gasteiger partial charge in [0.05, 0.1) is 39.9 Å². The maximum atomic E-state index is 12.8. The van der Waals surface area contributed by atoms with Gasteiger partial charge in [-0.1, -0.05) is 165 Å². The normalized spacial score (nSPS) is 14.9. The lowest BCUT2D eigenvalue weighted by molar-refractivity contribution is -0.870. The van der Waals surface area contributed by atoms with Crippen molar-refractivity contribution in [1.82, 2.24) is 5.32 Å². The highest BCUT2D eigenvalue weighted by molar-refractivity contribution is 7.45. The molecule has 9 heteroatoms. The zero-order valence-corrected chi connectivity index (χ0v) is 36.6. The molecule has 0 aliphatic carbocycles. The molecule has 0 rings (SSSR count). The van der Waals surface area contributed by atoms with Crippen molar-refractivity contribution in [1.29, 1.82) is 0 Å². The summed E-state index contributed by atoms with van der Waals surface area (Å²) in [5, 5.41) is 13.6. The zero-order chi connectivity index (χ0) is 40.0. The number of rotatable bonds is 39. The van der Waals surface area contributed by atoms with Gasteiger partial charge in [-0.15, -0.1) is 0 Å². The molecule has 0 aromatic carbocycles. The molecule has 0 aliphatic heterocycles. The van der Waals surface area contributed by atoms with Gasteiger partial charge >= 0.3 is 0 Å². The number of carbonyl (C=O) groups excluding carboxylic acids is 1. The molecule has 0 spiro atoms. The summed E-state index contributed by atoms with van der Waals surface area (Å²) in [4.78, 5) is 25.1. The van der Waals surface area contributed by atoms with Crippen LogP contribution in [0.4, 0.5) is 0 Å². The lowest BCUT2D eigenvalue weighted by Crippen LogP contribution is -2.45. The van der Waals surface area contributed by atoms with Crippen LogP contribution in [0.15, 0.2) is 48.6 Å². The number of phosphoric ester groups is 1. The van der Waals surface area contributed by atoms with E-state index in [-0.39, 0.29) is 12.5 Å². The molecule has 0 fully saturated rings. The van der Waals surface area contributed by atoms with Crippen LogP contribution in [0.5, 0.6) is 0 Å². The Bertz CT molecular complexity index is 1020. The van der Waals surface area contributed by atoms with E-state index in [0.29, 0.717) is 17.4 Å². The zero-order valence-electron chi connectivity index (χ0n) is 35.7. The van der Waals surface area contributed by atoms with Gasteiger partial charge in [0.15, 0.2) is 0 Å². The molecule has 0 aromatic rings. The van der Waals surface area contributed by atoms with Crippen molar-refractivity contribution >= 4 is 13.7 Å². The first-order valence-electron chi connectivity index (χ1n) is 22.0. The van der Waals surface area contributed by atoms with Gasteiger partial charge in [-0.3, -0.25) is 9.36 Å². The lowest BCUT2D eigenvalue weighted by atomic mass is 10.0. The van der Waals surface area contributed by atoms with Crippen LogP contribution in [0.1, 0.15) is 181 Å². The monoisotopic (exact) mass is 781 g/mol. The van der Waals surface area contributed by atoms with Crippen LogP contribution in [0.3, 0.4) is 0 Å². The van der Waals surface area contributed by atoms with Crippen molar-refractivity contribution in [2.24, 2.45) is 0 Å². The van der Waals surface area contributed by atoms with E-state index in [1.165, 1.54) is 109 Å². The minimum absolute atomic E-state index is 0.00805. The molecule has 0 aromatic heterocycles. The van der Waals surface area contributed by atoms with Crippen molar-refractivity contribution in [3.05, 3.63) is 48.6 Å². The molecular formula is C45H85N2O6P. The molecule has 54 heavy (non-hydrogen) atoms. The number of phosphoric acid groups is 1. The third-order valence-electron chi connectivity index (χ3n) is 9.49. The van der Waals surface area contributed by atoms with Gasteiger partial charge in [0.25, 0.3) is 7.82 Å². The largest absolute Gasteiger partial charge is 0.756 e. The molecule has 3 atom stereocenters. The van der Waals surface area contributed by atoms with E-state index in [1.54, 1.807) is 6.08 Å². The fraction of sp³-hybridized carbons (Fsp3) is 0.800. The van der Waals surface area contributed by atoms with Crippen molar-refractivity contribution in [2.45, 2.75) is 193 Å². The first-order valence-corrected chi connectivity index (χ1v) is 23.5. The van der Waals surface area contributed by atoms with Gasteiger partial charge in [-0.2, -0.15) is 0 Å². The van der Waals surface area contributed by atoms with Gasteiger partial charge in [0.1, 0.15) is 13.2 Å². The van der Waals surface area contributed by atoms with Crippen molar-refractivity contribution < 1.29 is 32.9 Å². The Morgan fingerprint density at radius 1 is 0.648 bits per heavy atom. The number of quaternary nitrogens is 1. The second-order valence-electron chi connectivity index (χ2n) is 16.0. The second kappa shape index (κ2) is 37.1. The number of hydrogen-bond donors (Lipinski definition) is 2. The number of unbranched alkanes of at least 4 members (excludes halogenated alkanes) is 20. The topological polar surface area (TPSA) is 108 Å². The number of hydrogen-bond acceptors (Lipinski definition) is 6. The molecule has 8 nitrogen and oxygen atoms in total. The van der Waals surface area contributed by atoms with E-state index in [4.69, 9.17) is 9.05 Å². The quantitative estimate of drug-likeness (QED) is 0.0278. The smallest absolute Gasteiger partial charge is 0.268 e. The molecule has 0 aliphatic rings. The van der Waals surface area contributed by atoms with Gasteiger partial charge < -0.3 is 28.8 Å². The minimum atomic E-state index is -4.58. The summed E-state index contributed by atoms with van der Waals surface area (Å²) in [7, 11) is 1.23. The molecule has 3 unspecified atom stereocenters. The molecule has 1 amide bonds. The number of allylic oxidation sites excluding steroid dienone is 7. The van der Waals surface area contributed by atoms with Gasteiger partial charge in [0.2, 0.25) is 5.91 Å². The van der Waals surface area contributed by atoms with Crippen molar-refractivity contribution in [3.63, 3.8) is 0 Å². The van der Waals surface area contributed by atoms with Crippen LogP contribution in [-0.4, -0.2) is 68.5 Å². The van der Waals surface area contributed by atoms with E-state index in [9.17, 15) is 19.4 Å². The number of aliphatic hydroxyl groups is 1. The summed E-state index contributed by atoms with van der Waals surface area (Å²) in [6.45, 7) is 4.49. The molecule has 2 N–H and O–H groups in total. The van der Waals surface area contributed by atoms with Crippen LogP contribution in [-0.2, 0) is 18.4 Å². The fourth-order valence-electron chi connectivity index (χ4n) is 5.97. The second-order valence-corrected chi connectivity index (χ2v) is 17.4. The first kappa shape index (κ1) is 52.5. The predicted octanol–water partition coefficient (Wildman–Crippen LogP) is 11.4. The minimum Gasteiger partial charge on any atom is -0.756 e. The Kier molecular flexibility index (Phi) is 36.0. The highest BCUT2D eigenvalue weighted by Gasteiger charge is 2.23. The number of amides is 1. The summed E-state index contributed by atoms with van der Waals surface area (Å²) in [6.07, 6.45) is 46.3. The Balaban J connectivity index is 4.11. The predicted molar refractivity (Wildman–Crippen MR) is 228 cm³/mol. The van der Waals surface area contributed by atoms with Gasteiger partial charge in [-0.25, -0.2) is 0 Å². The maximum absolute atomic E-state index is 12.8. The number of nitrogens with one attached hydrogen (secondary N) is 1. The highest BCUT2D eigenvalue weighted by Crippen LogP contribution is 2.38. The van der Waals surface area contributed by atoms with Crippen LogP contribution in [0.25, 0.3) is 0 Å². The Morgan fingerprint density at radius 2 is 1.13 bits per heavy atom. The summed E-state index contributed by atoms with van der Waals surface area (Å²) < 4.78 is 23.0. The van der Waals surface area contributed by atoms with Gasteiger partial charge in [-0.05, 0) is 57.8 Å². The highest BCUT2D eigenvalue weighted by atomic mass is 31.2. The van der Waals surface area contributed by atoms with Crippen LogP contribution >= 0.6 is 7.82 Å². The summed E-state index contributed by atoms with van der Waals surface area (Å²) in [5.74, 6) is -0.215. The number of likely N-dealkylation sites (N-methyl/N-ethyl adjacent to an activating group) is 1. The van der Waals surface area contributed by atoms with Gasteiger partial charge in [0, 0.05) is 6.42 Å². The fourth-order valence-corrected chi connectivity index (χ4v) is 6.69. The number of nitrogens with zero attached hydrogens (tertiary/aromatic N) is 1. The van der Waals surface area contributed by atoms with E-state index in [2.05, 4.69) is 55.6 Å². The third kappa shape index (κ3) is 38.7. The lowest BCUT2D eigenvalue weighted by Gasteiger charge is -2.29. The van der Waals surface area contributed by atoms with E-state index >= 15 is 0 Å². The van der Waals surface area contributed by atoms with E-state index in [1.807, 2.05) is 27.2 Å². The van der Waals surface area contributed by atoms with Crippen molar-refractivity contribution in [3.8, 4) is 0 Å². The van der Waals surface area contributed by atoms with Crippen LogP contribution in [0.2, 0.25) is 0 Å². The number of carbonyl (C=O) groups is 1. The Hall–Kier alpha value is -1.54. The molecule has 316 valence electrons. The standard InChI is InChI=1S/C45H85N2O6P/c1-6-8-10-12-14-15-16-17-18-19-20-21-22-23-24-25-26-27-28-29-30-31-33-35-37-39-45(49)46-43(44(48)38-36-34-32-13-11-9-7-2)42-53-54(50,51)52-41-40-47(3,4)5/h11,13,16-17,19-20,36,38,43-44,48H,6-10,12,14-15,18,21-35,37,39-42H2,1-5H3,(H-,46,49,50,51)/b13-11+,17-16-,20-19-,38-36+. The van der Waals surface area contributed by atoms with Crippen LogP contribution < -0.4 is 10.2 Å². The van der Waals surface area contributed by atoms with E-state index in [0.717, 1.165) is 51.4 Å². The van der Waals surface area contributed by atoms with E-state index < -0.39 is 26.6 Å². The molecule has 0 saturated carbocycles. The summed E-state index contributed by atoms with van der Waals surface area (Å²) in [6, 6.07) is -0.900. The molecular weight excluding hydrogens is 695 g/mol. The summed E-state index contributed by atoms with van der Waals surface area (Å²) in [5.41, 5.74) is 0. The Morgan fingerprint density at radius 3 is 1.67 bits per heavy atom. The Labute approximate surface area is 333 Å². The van der Waals surface area contributed by atoms with Crippen LogP contribution in [0, 0.1) is 0 Å². The first-order chi connectivity index (χ1) is 26.0. The third-order valence-corrected chi connectivity index (χ3v) is 10.5. The molecule has 0 bridgehead atoms.